The van der Waals surface area contributed by atoms with Gasteiger partial charge < -0.3 is 4.74 Å². The number of rotatable bonds is 4. The maximum absolute atomic E-state index is 5.53. The van der Waals surface area contributed by atoms with Gasteiger partial charge in [0.05, 0.1) is 24.5 Å². The predicted octanol–water partition coefficient (Wildman–Crippen LogP) is 2.56. The average molecular weight is 284 g/mol. The molecule has 4 rings (SSSR count). The highest BCUT2D eigenvalue weighted by atomic mass is 16.5. The van der Waals surface area contributed by atoms with E-state index in [-0.39, 0.29) is 0 Å². The highest BCUT2D eigenvalue weighted by Crippen LogP contribution is 2.37. The normalized spacial score (nSPS) is 21.9. The molecule has 1 aliphatic carbocycles. The van der Waals surface area contributed by atoms with Gasteiger partial charge in [-0.25, -0.2) is 9.97 Å². The molecule has 1 aliphatic heterocycles. The van der Waals surface area contributed by atoms with Crippen LogP contribution in [0.3, 0.4) is 0 Å². The van der Waals surface area contributed by atoms with Crippen molar-refractivity contribution in [1.82, 2.24) is 19.7 Å². The van der Waals surface area contributed by atoms with E-state index in [0.29, 0.717) is 6.04 Å². The van der Waals surface area contributed by atoms with Crippen molar-refractivity contribution >= 4 is 0 Å². The van der Waals surface area contributed by atoms with Crippen LogP contribution in [0.5, 0.6) is 0 Å². The topological polar surface area (TPSA) is 52.8 Å². The summed E-state index contributed by atoms with van der Waals surface area (Å²) in [5.41, 5.74) is 3.48. The molecule has 0 bridgehead atoms. The van der Waals surface area contributed by atoms with Gasteiger partial charge >= 0.3 is 0 Å². The van der Waals surface area contributed by atoms with Gasteiger partial charge in [-0.05, 0) is 44.6 Å². The summed E-state index contributed by atoms with van der Waals surface area (Å²) in [5, 5.41) is 4.66. The molecule has 21 heavy (non-hydrogen) atoms. The zero-order valence-corrected chi connectivity index (χ0v) is 12.3. The highest BCUT2D eigenvalue weighted by molar-refractivity contribution is 5.61. The van der Waals surface area contributed by atoms with Crippen LogP contribution in [-0.4, -0.2) is 33.0 Å². The summed E-state index contributed by atoms with van der Waals surface area (Å²) in [6.07, 6.45) is 8.64. The van der Waals surface area contributed by atoms with Crippen LogP contribution in [0.2, 0.25) is 0 Å². The summed E-state index contributed by atoms with van der Waals surface area (Å²) < 4.78 is 7.73. The minimum atomic E-state index is 0.385. The maximum atomic E-state index is 5.53. The van der Waals surface area contributed by atoms with Crippen molar-refractivity contribution in [2.45, 2.75) is 38.6 Å². The first-order valence-electron chi connectivity index (χ1n) is 7.75. The van der Waals surface area contributed by atoms with Crippen LogP contribution in [0.25, 0.3) is 11.3 Å². The Hall–Kier alpha value is -1.75. The monoisotopic (exact) mass is 284 g/mol. The molecule has 2 aliphatic rings. The third-order valence-corrected chi connectivity index (χ3v) is 4.38. The first-order chi connectivity index (χ1) is 10.3. The Morgan fingerprint density at radius 2 is 2.24 bits per heavy atom. The lowest BCUT2D eigenvalue weighted by atomic mass is 10.1. The minimum Gasteiger partial charge on any atom is -0.379 e. The van der Waals surface area contributed by atoms with Crippen LogP contribution in [0.1, 0.15) is 36.8 Å². The number of hydrogen-bond acceptors (Lipinski definition) is 4. The molecular weight excluding hydrogens is 264 g/mol. The van der Waals surface area contributed by atoms with Crippen LogP contribution in [-0.2, 0) is 11.2 Å². The van der Waals surface area contributed by atoms with Crippen LogP contribution in [0.4, 0.5) is 0 Å². The van der Waals surface area contributed by atoms with Crippen molar-refractivity contribution in [3.63, 3.8) is 0 Å². The lowest BCUT2D eigenvalue weighted by molar-refractivity contribution is 0.184. The lowest BCUT2D eigenvalue weighted by Gasteiger charge is -2.14. The molecule has 0 spiro atoms. The highest BCUT2D eigenvalue weighted by Gasteiger charge is 2.29. The van der Waals surface area contributed by atoms with Crippen molar-refractivity contribution < 1.29 is 4.74 Å². The van der Waals surface area contributed by atoms with Crippen molar-refractivity contribution in [2.24, 2.45) is 5.92 Å². The Labute approximate surface area is 124 Å². The first kappa shape index (κ1) is 13.0. The van der Waals surface area contributed by atoms with Crippen LogP contribution >= 0.6 is 0 Å². The molecule has 5 heteroatoms. The molecule has 0 radical (unpaired) electrons. The van der Waals surface area contributed by atoms with Gasteiger partial charge in [-0.15, -0.1) is 0 Å². The van der Waals surface area contributed by atoms with E-state index in [1.54, 1.807) is 0 Å². The summed E-state index contributed by atoms with van der Waals surface area (Å²) in [6, 6.07) is 2.37. The smallest absolute Gasteiger partial charge is 0.125 e. The van der Waals surface area contributed by atoms with E-state index in [2.05, 4.69) is 19.7 Å². The average Bonchev–Trinajstić information content (AvgIpc) is 2.98. The molecule has 0 unspecified atom stereocenters. The van der Waals surface area contributed by atoms with E-state index in [9.17, 15) is 0 Å². The van der Waals surface area contributed by atoms with Crippen LogP contribution < -0.4 is 0 Å². The summed E-state index contributed by atoms with van der Waals surface area (Å²) in [4.78, 5) is 8.77. The number of nitrogens with zero attached hydrogens (tertiary/aromatic N) is 4. The summed E-state index contributed by atoms with van der Waals surface area (Å²) >= 11 is 0. The van der Waals surface area contributed by atoms with E-state index in [0.717, 1.165) is 43.5 Å². The number of aryl methyl sites for hydroxylation is 1. The van der Waals surface area contributed by atoms with E-state index >= 15 is 0 Å². The Morgan fingerprint density at radius 3 is 2.95 bits per heavy atom. The second kappa shape index (κ2) is 5.22. The second-order valence-corrected chi connectivity index (χ2v) is 6.10. The minimum absolute atomic E-state index is 0.385. The zero-order valence-electron chi connectivity index (χ0n) is 12.3. The second-order valence-electron chi connectivity index (χ2n) is 6.10. The third kappa shape index (κ3) is 2.58. The number of hydrogen-bond donors (Lipinski definition) is 0. The van der Waals surface area contributed by atoms with Crippen LogP contribution in [0, 0.1) is 12.8 Å². The molecule has 0 amide bonds. The molecule has 1 atom stereocenters. The molecule has 110 valence electrons. The number of aromatic nitrogens is 4. The number of ether oxygens (including phenoxy) is 1. The van der Waals surface area contributed by atoms with E-state index in [4.69, 9.17) is 4.74 Å². The van der Waals surface area contributed by atoms with Gasteiger partial charge in [-0.1, -0.05) is 0 Å². The molecule has 1 saturated carbocycles. The molecule has 0 N–H and O–H groups in total. The van der Waals surface area contributed by atoms with Gasteiger partial charge in [0, 0.05) is 24.1 Å². The SMILES string of the molecule is Cc1nccc(-c2cnn([C@H]3CCOC3)c2CC2CC2)n1. The van der Waals surface area contributed by atoms with Gasteiger partial charge in [-0.3, -0.25) is 4.68 Å². The molecule has 2 fully saturated rings. The fraction of sp³-hybridized carbons (Fsp3) is 0.562. The van der Waals surface area contributed by atoms with Crippen molar-refractivity contribution in [3.05, 3.63) is 30.0 Å². The molecular formula is C16H20N4O. The quantitative estimate of drug-likeness (QED) is 0.866. The molecule has 2 aromatic heterocycles. The maximum Gasteiger partial charge on any atom is 0.125 e. The Bertz CT molecular complexity index is 641. The fourth-order valence-electron chi connectivity index (χ4n) is 3.04. The van der Waals surface area contributed by atoms with Crippen molar-refractivity contribution in [1.29, 1.82) is 0 Å². The van der Waals surface area contributed by atoms with Gasteiger partial charge in [0.2, 0.25) is 0 Å². The van der Waals surface area contributed by atoms with E-state index in [1.165, 1.54) is 24.1 Å². The largest absolute Gasteiger partial charge is 0.379 e. The standard InChI is InChI=1S/C16H20N4O/c1-11-17-6-4-15(19-11)14-9-18-20(13-5-7-21-10-13)16(14)8-12-2-3-12/h4,6,9,12-13H,2-3,5,7-8,10H2,1H3/t13-/m0/s1. The van der Waals surface area contributed by atoms with E-state index in [1.807, 2.05) is 25.4 Å². The fourth-order valence-corrected chi connectivity index (χ4v) is 3.04. The van der Waals surface area contributed by atoms with Crippen molar-refractivity contribution in [3.8, 4) is 11.3 Å². The molecule has 3 heterocycles. The van der Waals surface area contributed by atoms with Gasteiger partial charge in [0.15, 0.2) is 0 Å². The Balaban J connectivity index is 1.75. The molecule has 0 aromatic carbocycles. The Morgan fingerprint density at radius 1 is 1.33 bits per heavy atom. The molecule has 1 saturated heterocycles. The Kier molecular flexibility index (Phi) is 3.22. The summed E-state index contributed by atoms with van der Waals surface area (Å²) in [7, 11) is 0. The van der Waals surface area contributed by atoms with Gasteiger partial charge in [-0.2, -0.15) is 5.10 Å². The van der Waals surface area contributed by atoms with Crippen molar-refractivity contribution in [2.75, 3.05) is 13.2 Å². The third-order valence-electron chi connectivity index (χ3n) is 4.38. The van der Waals surface area contributed by atoms with E-state index < -0.39 is 0 Å². The lowest BCUT2D eigenvalue weighted by Crippen LogP contribution is -2.14. The predicted molar refractivity (Wildman–Crippen MR) is 78.9 cm³/mol. The molecule has 5 nitrogen and oxygen atoms in total. The first-order valence-corrected chi connectivity index (χ1v) is 7.75. The molecule has 2 aromatic rings. The zero-order chi connectivity index (χ0) is 14.2. The van der Waals surface area contributed by atoms with Gasteiger partial charge in [0.25, 0.3) is 0 Å². The van der Waals surface area contributed by atoms with Gasteiger partial charge in [0.1, 0.15) is 5.82 Å². The summed E-state index contributed by atoms with van der Waals surface area (Å²) in [5.74, 6) is 1.63. The van der Waals surface area contributed by atoms with Crippen LogP contribution in [0.15, 0.2) is 18.5 Å². The summed E-state index contributed by atoms with van der Waals surface area (Å²) in [6.45, 7) is 3.55.